The number of benzene rings is 2. The van der Waals surface area contributed by atoms with Crippen molar-refractivity contribution in [2.24, 2.45) is 0 Å². The molecule has 0 aliphatic carbocycles. The first-order chi connectivity index (χ1) is 13.4. The number of nitro groups is 1. The van der Waals surface area contributed by atoms with Crippen LogP contribution in [0.5, 0.6) is 0 Å². The van der Waals surface area contributed by atoms with Crippen LogP contribution in [0.25, 0.3) is 0 Å². The zero-order valence-electron chi connectivity index (χ0n) is 15.5. The lowest BCUT2D eigenvalue weighted by Gasteiger charge is -2.10. The minimum Gasteiger partial charge on any atom is -0.337 e. The van der Waals surface area contributed by atoms with Crippen LogP contribution in [0.4, 0.5) is 11.4 Å². The molecule has 0 saturated carbocycles. The number of aryl methyl sites for hydroxylation is 1. The number of amides is 1. The first-order valence-electron chi connectivity index (χ1n) is 8.74. The van der Waals surface area contributed by atoms with Gasteiger partial charge in [-0.25, -0.2) is 4.98 Å². The Hall–Kier alpha value is -3.13. The summed E-state index contributed by atoms with van der Waals surface area (Å²) < 4.78 is 0. The summed E-state index contributed by atoms with van der Waals surface area (Å²) in [7, 11) is 0. The average molecular weight is 396 g/mol. The molecule has 144 valence electrons. The number of carbonyl (C=O) groups is 1. The number of nitro benzene ring substituents is 1. The van der Waals surface area contributed by atoms with E-state index in [-0.39, 0.29) is 11.6 Å². The van der Waals surface area contributed by atoms with Crippen LogP contribution >= 0.6 is 11.8 Å². The normalized spacial score (nSPS) is 11.8. The molecule has 2 N–H and O–H groups in total. The summed E-state index contributed by atoms with van der Waals surface area (Å²) >= 11 is 1.31. The number of H-pyrrole nitrogens is 1. The highest BCUT2D eigenvalue weighted by Gasteiger charge is 2.18. The quantitative estimate of drug-likeness (QED) is 0.351. The number of rotatable bonds is 7. The van der Waals surface area contributed by atoms with Crippen molar-refractivity contribution in [2.75, 3.05) is 5.32 Å². The van der Waals surface area contributed by atoms with Gasteiger partial charge in [-0.05, 0) is 25.5 Å². The van der Waals surface area contributed by atoms with Gasteiger partial charge in [0.15, 0.2) is 5.16 Å². The lowest BCUT2D eigenvalue weighted by molar-refractivity contribution is -0.384. The van der Waals surface area contributed by atoms with E-state index < -0.39 is 10.2 Å². The first kappa shape index (κ1) is 19.6. The fourth-order valence-electron chi connectivity index (χ4n) is 2.65. The second kappa shape index (κ2) is 8.71. The van der Waals surface area contributed by atoms with Crippen LogP contribution in [0.3, 0.4) is 0 Å². The van der Waals surface area contributed by atoms with E-state index in [1.165, 1.54) is 35.5 Å². The van der Waals surface area contributed by atoms with Crippen molar-refractivity contribution >= 4 is 29.0 Å². The van der Waals surface area contributed by atoms with E-state index in [9.17, 15) is 14.9 Å². The van der Waals surface area contributed by atoms with Crippen LogP contribution in [-0.4, -0.2) is 26.0 Å². The molecule has 1 heterocycles. The van der Waals surface area contributed by atoms with Crippen LogP contribution in [0.1, 0.15) is 23.9 Å². The van der Waals surface area contributed by atoms with Gasteiger partial charge in [0.25, 0.3) is 5.69 Å². The van der Waals surface area contributed by atoms with E-state index in [1.807, 2.05) is 25.1 Å². The van der Waals surface area contributed by atoms with E-state index in [0.717, 1.165) is 17.8 Å². The Morgan fingerprint density at radius 2 is 2.00 bits per heavy atom. The highest BCUT2D eigenvalue weighted by atomic mass is 32.2. The van der Waals surface area contributed by atoms with Crippen LogP contribution in [0.15, 0.2) is 59.8 Å². The van der Waals surface area contributed by atoms with Crippen LogP contribution in [-0.2, 0) is 11.2 Å². The number of aromatic nitrogens is 2. The lowest BCUT2D eigenvalue weighted by atomic mass is 10.1. The highest BCUT2D eigenvalue weighted by molar-refractivity contribution is 8.00. The Bertz CT molecular complexity index is 988. The monoisotopic (exact) mass is 396 g/mol. The van der Waals surface area contributed by atoms with Crippen LogP contribution < -0.4 is 5.32 Å². The Morgan fingerprint density at radius 3 is 2.71 bits per heavy atom. The molecule has 1 aromatic heterocycles. The molecule has 0 aliphatic heterocycles. The van der Waals surface area contributed by atoms with E-state index in [0.29, 0.717) is 10.8 Å². The minimum absolute atomic E-state index is 0.0645. The van der Waals surface area contributed by atoms with Crippen molar-refractivity contribution in [3.05, 3.63) is 81.7 Å². The fourth-order valence-corrected chi connectivity index (χ4v) is 3.52. The zero-order valence-corrected chi connectivity index (χ0v) is 16.3. The van der Waals surface area contributed by atoms with E-state index in [2.05, 4.69) is 27.4 Å². The topological polar surface area (TPSA) is 101 Å². The summed E-state index contributed by atoms with van der Waals surface area (Å²) in [6, 6.07) is 15.9. The van der Waals surface area contributed by atoms with Gasteiger partial charge in [0.05, 0.1) is 15.9 Å². The number of nitrogens with one attached hydrogen (secondary N) is 2. The molecule has 3 aromatic rings. The van der Waals surface area contributed by atoms with Crippen LogP contribution in [0, 0.1) is 17.0 Å². The summed E-state index contributed by atoms with van der Waals surface area (Å²) in [6.07, 6.45) is 0.720. The van der Waals surface area contributed by atoms with Crippen molar-refractivity contribution < 1.29 is 9.72 Å². The van der Waals surface area contributed by atoms with Gasteiger partial charge in [0.1, 0.15) is 0 Å². The molecule has 7 nitrogen and oxygen atoms in total. The largest absolute Gasteiger partial charge is 0.337 e. The number of non-ortho nitro benzene ring substituents is 1. The van der Waals surface area contributed by atoms with Crippen molar-refractivity contribution in [2.45, 2.75) is 30.7 Å². The summed E-state index contributed by atoms with van der Waals surface area (Å²) in [5, 5.41) is 13.8. The number of hydrogen-bond acceptors (Lipinski definition) is 5. The molecule has 1 atom stereocenters. The zero-order chi connectivity index (χ0) is 20.1. The van der Waals surface area contributed by atoms with Gasteiger partial charge < -0.3 is 10.3 Å². The van der Waals surface area contributed by atoms with E-state index in [1.54, 1.807) is 13.0 Å². The number of anilines is 1. The fraction of sp³-hybridized carbons (Fsp3) is 0.200. The van der Waals surface area contributed by atoms with Gasteiger partial charge in [0, 0.05) is 29.9 Å². The van der Waals surface area contributed by atoms with Gasteiger partial charge in [0.2, 0.25) is 5.91 Å². The lowest BCUT2D eigenvalue weighted by Crippen LogP contribution is -2.22. The molecule has 8 heteroatoms. The van der Waals surface area contributed by atoms with Crippen molar-refractivity contribution in [3.8, 4) is 0 Å². The number of aromatic amines is 1. The third-order valence-electron chi connectivity index (χ3n) is 4.16. The molecule has 1 unspecified atom stereocenters. The molecule has 2 aromatic carbocycles. The van der Waals surface area contributed by atoms with E-state index >= 15 is 0 Å². The Kier molecular flexibility index (Phi) is 6.10. The van der Waals surface area contributed by atoms with Gasteiger partial charge in [-0.1, -0.05) is 48.2 Å². The average Bonchev–Trinajstić information content (AvgIpc) is 3.01. The Balaban J connectivity index is 1.63. The number of imidazole rings is 1. The molecule has 0 radical (unpaired) electrons. The van der Waals surface area contributed by atoms with Gasteiger partial charge >= 0.3 is 0 Å². The summed E-state index contributed by atoms with van der Waals surface area (Å²) in [5.74, 6) is -0.246. The summed E-state index contributed by atoms with van der Waals surface area (Å²) in [4.78, 5) is 30.6. The molecule has 1 amide bonds. The maximum Gasteiger partial charge on any atom is 0.271 e. The molecular formula is C20H20N4O3S. The smallest absolute Gasteiger partial charge is 0.271 e. The molecule has 0 spiro atoms. The summed E-state index contributed by atoms with van der Waals surface area (Å²) in [5.41, 5.74) is 3.42. The maximum atomic E-state index is 12.4. The molecule has 0 aliphatic rings. The number of hydrogen-bond donors (Lipinski definition) is 2. The standard InChI is InChI=1S/C20H20N4O3S/c1-13-18(11-15-7-4-3-5-8-15)23-20(21-13)28-14(2)19(25)22-16-9-6-10-17(12-16)24(26)27/h3-10,12,14H,11H2,1-2H3,(H,21,23)(H,22,25). The predicted molar refractivity (Wildman–Crippen MR) is 110 cm³/mol. The van der Waals surface area contributed by atoms with Gasteiger partial charge in [-0.15, -0.1) is 0 Å². The minimum atomic E-state index is -0.492. The van der Waals surface area contributed by atoms with Gasteiger partial charge in [-0.3, -0.25) is 14.9 Å². The first-order valence-corrected chi connectivity index (χ1v) is 9.61. The molecule has 0 bridgehead atoms. The number of thioether (sulfide) groups is 1. The third kappa shape index (κ3) is 4.98. The molecule has 0 fully saturated rings. The molecule has 3 rings (SSSR count). The highest BCUT2D eigenvalue weighted by Crippen LogP contribution is 2.25. The van der Waals surface area contributed by atoms with Crippen molar-refractivity contribution in [1.29, 1.82) is 0 Å². The van der Waals surface area contributed by atoms with Crippen LogP contribution in [0.2, 0.25) is 0 Å². The molecule has 28 heavy (non-hydrogen) atoms. The third-order valence-corrected chi connectivity index (χ3v) is 5.14. The SMILES string of the molecule is Cc1[nH]c(SC(C)C(=O)Nc2cccc([N+](=O)[O-])c2)nc1Cc1ccccc1. The van der Waals surface area contributed by atoms with Crippen molar-refractivity contribution in [3.63, 3.8) is 0 Å². The maximum absolute atomic E-state index is 12.4. The molecular weight excluding hydrogens is 376 g/mol. The number of carbonyl (C=O) groups excluding carboxylic acids is 1. The Labute approximate surface area is 166 Å². The predicted octanol–water partition coefficient (Wildman–Crippen LogP) is 4.34. The van der Waals surface area contributed by atoms with Gasteiger partial charge in [-0.2, -0.15) is 0 Å². The molecule has 0 saturated heterocycles. The number of nitrogens with zero attached hydrogens (tertiary/aromatic N) is 2. The van der Waals surface area contributed by atoms with Crippen molar-refractivity contribution in [1.82, 2.24) is 9.97 Å². The Morgan fingerprint density at radius 1 is 1.25 bits per heavy atom. The summed E-state index contributed by atoms with van der Waals surface area (Å²) in [6.45, 7) is 3.73. The second-order valence-electron chi connectivity index (χ2n) is 6.33. The second-order valence-corrected chi connectivity index (χ2v) is 7.66. The van der Waals surface area contributed by atoms with E-state index in [4.69, 9.17) is 0 Å².